The molecule has 22 heavy (non-hydrogen) atoms. The summed E-state index contributed by atoms with van der Waals surface area (Å²) in [5.41, 5.74) is 0.797. The third-order valence-corrected chi connectivity index (χ3v) is 3.61. The summed E-state index contributed by atoms with van der Waals surface area (Å²) >= 11 is 1.17. The number of carbonyl (C=O) groups excluding carboxylic acids is 1. The Morgan fingerprint density at radius 3 is 2.73 bits per heavy atom. The first-order chi connectivity index (χ1) is 10.7. The van der Waals surface area contributed by atoms with Gasteiger partial charge in [0, 0.05) is 5.56 Å². The Bertz CT molecular complexity index is 598. The van der Waals surface area contributed by atoms with Crippen molar-refractivity contribution in [3.05, 3.63) is 24.3 Å². The van der Waals surface area contributed by atoms with E-state index < -0.39 is 0 Å². The normalized spacial score (nSPS) is 10.5. The van der Waals surface area contributed by atoms with E-state index in [1.54, 1.807) is 7.11 Å². The number of nitrogens with zero attached hydrogens (tertiary/aromatic N) is 2. The molecular formula is C15H18N2O4S. The van der Waals surface area contributed by atoms with Crippen LogP contribution >= 0.6 is 11.8 Å². The number of hydrogen-bond acceptors (Lipinski definition) is 7. The maximum Gasteiger partial charge on any atom is 0.316 e. The monoisotopic (exact) mass is 322 g/mol. The lowest BCUT2D eigenvalue weighted by Crippen LogP contribution is -2.08. The van der Waals surface area contributed by atoms with Gasteiger partial charge in [0.05, 0.1) is 13.7 Å². The van der Waals surface area contributed by atoms with E-state index in [1.807, 2.05) is 31.2 Å². The fourth-order valence-corrected chi connectivity index (χ4v) is 2.17. The Kier molecular flexibility index (Phi) is 6.27. The molecule has 2 aromatic rings. The molecule has 6 nitrogen and oxygen atoms in total. The van der Waals surface area contributed by atoms with Crippen molar-refractivity contribution in [1.29, 1.82) is 0 Å². The SMILES string of the molecule is CCCCOC(=O)CSc1nnc(-c2ccc(OC)cc2)o1. The van der Waals surface area contributed by atoms with E-state index in [9.17, 15) is 4.79 Å². The second-order valence-corrected chi connectivity index (χ2v) is 5.39. The average molecular weight is 322 g/mol. The number of thioether (sulfide) groups is 1. The lowest BCUT2D eigenvalue weighted by molar-refractivity contribution is -0.140. The van der Waals surface area contributed by atoms with E-state index in [-0.39, 0.29) is 11.7 Å². The van der Waals surface area contributed by atoms with Crippen LogP contribution in [0.25, 0.3) is 11.5 Å². The maximum absolute atomic E-state index is 11.5. The van der Waals surface area contributed by atoms with E-state index in [2.05, 4.69) is 10.2 Å². The molecule has 0 atom stereocenters. The van der Waals surface area contributed by atoms with Crippen LogP contribution in [0.3, 0.4) is 0 Å². The highest BCUT2D eigenvalue weighted by molar-refractivity contribution is 7.99. The van der Waals surface area contributed by atoms with Crippen molar-refractivity contribution in [2.75, 3.05) is 19.5 Å². The number of rotatable bonds is 8. The van der Waals surface area contributed by atoms with Crippen LogP contribution in [0.4, 0.5) is 0 Å². The smallest absolute Gasteiger partial charge is 0.316 e. The minimum atomic E-state index is -0.275. The van der Waals surface area contributed by atoms with Crippen molar-refractivity contribution in [2.24, 2.45) is 0 Å². The number of esters is 1. The Hall–Kier alpha value is -2.02. The zero-order valence-corrected chi connectivity index (χ0v) is 13.4. The minimum Gasteiger partial charge on any atom is -0.497 e. The Labute approximate surface area is 133 Å². The Morgan fingerprint density at radius 1 is 1.27 bits per heavy atom. The third-order valence-electron chi connectivity index (χ3n) is 2.82. The number of ether oxygens (including phenoxy) is 2. The van der Waals surface area contributed by atoms with Gasteiger partial charge in [0.25, 0.3) is 5.22 Å². The molecule has 1 heterocycles. The summed E-state index contributed by atoms with van der Waals surface area (Å²) in [5, 5.41) is 8.22. The molecule has 0 radical (unpaired) electrons. The molecule has 118 valence electrons. The predicted octanol–water partition coefficient (Wildman–Crippen LogP) is 3.18. The molecule has 0 unspecified atom stereocenters. The number of carbonyl (C=O) groups is 1. The number of unbranched alkanes of at least 4 members (excludes halogenated alkanes) is 1. The summed E-state index contributed by atoms with van der Waals surface area (Å²) in [6.07, 6.45) is 1.87. The van der Waals surface area contributed by atoms with Crippen molar-refractivity contribution in [3.8, 4) is 17.2 Å². The summed E-state index contributed by atoms with van der Waals surface area (Å²) in [7, 11) is 1.61. The second kappa shape index (κ2) is 8.43. The number of aromatic nitrogens is 2. The zero-order chi connectivity index (χ0) is 15.8. The van der Waals surface area contributed by atoms with E-state index in [4.69, 9.17) is 13.9 Å². The van der Waals surface area contributed by atoms with Gasteiger partial charge in [-0.1, -0.05) is 25.1 Å². The summed E-state index contributed by atoms with van der Waals surface area (Å²) in [4.78, 5) is 11.5. The van der Waals surface area contributed by atoms with E-state index in [1.165, 1.54) is 11.8 Å². The maximum atomic E-state index is 11.5. The quantitative estimate of drug-likeness (QED) is 0.420. The molecule has 0 spiro atoms. The molecule has 1 aromatic heterocycles. The van der Waals surface area contributed by atoms with Crippen molar-refractivity contribution in [2.45, 2.75) is 25.0 Å². The molecule has 0 aliphatic heterocycles. The van der Waals surface area contributed by atoms with Crippen molar-refractivity contribution >= 4 is 17.7 Å². The zero-order valence-electron chi connectivity index (χ0n) is 12.6. The second-order valence-electron chi connectivity index (χ2n) is 4.46. The van der Waals surface area contributed by atoms with Crippen LogP contribution in [-0.4, -0.2) is 35.6 Å². The van der Waals surface area contributed by atoms with Crippen LogP contribution < -0.4 is 4.74 Å². The van der Waals surface area contributed by atoms with Crippen LogP contribution in [-0.2, 0) is 9.53 Å². The van der Waals surface area contributed by atoms with Gasteiger partial charge >= 0.3 is 5.97 Å². The average Bonchev–Trinajstić information content (AvgIpc) is 3.02. The lowest BCUT2D eigenvalue weighted by atomic mass is 10.2. The van der Waals surface area contributed by atoms with Gasteiger partial charge < -0.3 is 13.9 Å². The lowest BCUT2D eigenvalue weighted by Gasteiger charge is -2.01. The first kappa shape index (κ1) is 16.4. The summed E-state index contributed by atoms with van der Waals surface area (Å²) in [6.45, 7) is 2.50. The highest BCUT2D eigenvalue weighted by Crippen LogP contribution is 2.24. The first-order valence-electron chi connectivity index (χ1n) is 6.99. The molecule has 7 heteroatoms. The van der Waals surface area contributed by atoms with Gasteiger partial charge in [-0.3, -0.25) is 4.79 Å². The van der Waals surface area contributed by atoms with Gasteiger partial charge in [-0.05, 0) is 30.7 Å². The fraction of sp³-hybridized carbons (Fsp3) is 0.400. The standard InChI is InChI=1S/C15H18N2O4S/c1-3-4-9-20-13(18)10-22-15-17-16-14(21-15)11-5-7-12(19-2)8-6-11/h5-8H,3-4,9-10H2,1-2H3. The van der Waals surface area contributed by atoms with E-state index in [0.29, 0.717) is 17.7 Å². The molecule has 0 fully saturated rings. The third kappa shape index (κ3) is 4.77. The van der Waals surface area contributed by atoms with Crippen molar-refractivity contribution < 1.29 is 18.7 Å². The fourth-order valence-electron chi connectivity index (χ4n) is 1.61. The van der Waals surface area contributed by atoms with Gasteiger partial charge in [0.15, 0.2) is 0 Å². The van der Waals surface area contributed by atoms with Crippen molar-refractivity contribution in [3.63, 3.8) is 0 Å². The molecule has 0 saturated heterocycles. The van der Waals surface area contributed by atoms with Gasteiger partial charge in [-0.25, -0.2) is 0 Å². The summed E-state index contributed by atoms with van der Waals surface area (Å²) in [6, 6.07) is 7.30. The first-order valence-corrected chi connectivity index (χ1v) is 7.98. The van der Waals surface area contributed by atoms with Crippen LogP contribution in [0.5, 0.6) is 5.75 Å². The predicted molar refractivity (Wildman–Crippen MR) is 82.9 cm³/mol. The minimum absolute atomic E-state index is 0.161. The number of methoxy groups -OCH3 is 1. The largest absolute Gasteiger partial charge is 0.497 e. The van der Waals surface area contributed by atoms with Gasteiger partial charge in [-0.2, -0.15) is 0 Å². The summed E-state index contributed by atoms with van der Waals surface area (Å²) in [5.74, 6) is 1.05. The topological polar surface area (TPSA) is 74.5 Å². The van der Waals surface area contributed by atoms with Crippen LogP contribution in [0.1, 0.15) is 19.8 Å². The van der Waals surface area contributed by atoms with Gasteiger partial charge in [0.1, 0.15) is 11.5 Å². The number of hydrogen-bond donors (Lipinski definition) is 0. The van der Waals surface area contributed by atoms with Crippen LogP contribution in [0, 0.1) is 0 Å². The van der Waals surface area contributed by atoms with E-state index in [0.717, 1.165) is 24.2 Å². The number of benzene rings is 1. The molecule has 0 amide bonds. The highest BCUT2D eigenvalue weighted by atomic mass is 32.2. The Morgan fingerprint density at radius 2 is 2.05 bits per heavy atom. The van der Waals surface area contributed by atoms with E-state index >= 15 is 0 Å². The van der Waals surface area contributed by atoms with Crippen molar-refractivity contribution in [1.82, 2.24) is 10.2 Å². The molecular weight excluding hydrogens is 304 g/mol. The molecule has 2 rings (SSSR count). The van der Waals surface area contributed by atoms with Gasteiger partial charge in [-0.15, -0.1) is 10.2 Å². The van der Waals surface area contributed by atoms with Crippen LogP contribution in [0.15, 0.2) is 33.9 Å². The Balaban J connectivity index is 1.86. The molecule has 0 N–H and O–H groups in total. The summed E-state index contributed by atoms with van der Waals surface area (Å²) < 4.78 is 15.7. The molecule has 0 aliphatic rings. The molecule has 1 aromatic carbocycles. The highest BCUT2D eigenvalue weighted by Gasteiger charge is 2.11. The molecule has 0 bridgehead atoms. The van der Waals surface area contributed by atoms with Crippen LogP contribution in [0.2, 0.25) is 0 Å². The molecule has 0 aliphatic carbocycles. The van der Waals surface area contributed by atoms with Gasteiger partial charge in [0.2, 0.25) is 5.89 Å². The molecule has 0 saturated carbocycles.